The van der Waals surface area contributed by atoms with Gasteiger partial charge >= 0.3 is 0 Å². The van der Waals surface area contributed by atoms with Crippen molar-refractivity contribution in [1.29, 1.82) is 0 Å². The molecule has 0 fully saturated rings. The smallest absolute Gasteiger partial charge is 0.255 e. The maximum atomic E-state index is 12.1. The number of aromatic nitrogens is 1. The molecule has 1 aromatic heterocycles. The van der Waals surface area contributed by atoms with Crippen molar-refractivity contribution in [1.82, 2.24) is 9.88 Å². The number of hydrogen-bond acceptors (Lipinski definition) is 2. The number of benzene rings is 2. The highest BCUT2D eigenvalue weighted by atomic mass is 16.3. The maximum Gasteiger partial charge on any atom is 0.255 e. The molecule has 0 atom stereocenters. The van der Waals surface area contributed by atoms with E-state index >= 15 is 0 Å². The number of phenolic OH excluding ortho intramolecular Hbond substituents is 1. The quantitative estimate of drug-likeness (QED) is 0.709. The van der Waals surface area contributed by atoms with E-state index in [0.29, 0.717) is 12.1 Å². The van der Waals surface area contributed by atoms with Crippen LogP contribution < -0.4 is 5.32 Å². The lowest BCUT2D eigenvalue weighted by Gasteiger charge is -2.09. The van der Waals surface area contributed by atoms with E-state index in [2.05, 4.69) is 34.3 Å². The molecule has 2 aromatic carbocycles. The van der Waals surface area contributed by atoms with Gasteiger partial charge in [0.15, 0.2) is 0 Å². The number of aromatic hydroxyl groups is 1. The topological polar surface area (TPSA) is 54.3 Å². The van der Waals surface area contributed by atoms with Crippen molar-refractivity contribution in [3.8, 4) is 5.75 Å². The molecule has 0 spiro atoms. The zero-order valence-corrected chi connectivity index (χ0v) is 13.1. The molecule has 3 aromatic rings. The fraction of sp³-hybridized carbons (Fsp3) is 0.211. The van der Waals surface area contributed by atoms with Crippen molar-refractivity contribution in [2.24, 2.45) is 0 Å². The lowest BCUT2D eigenvalue weighted by atomic mass is 10.1. The summed E-state index contributed by atoms with van der Waals surface area (Å²) in [5.41, 5.74) is 2.45. The van der Waals surface area contributed by atoms with Crippen molar-refractivity contribution < 1.29 is 9.90 Å². The zero-order chi connectivity index (χ0) is 16.2. The van der Waals surface area contributed by atoms with Crippen molar-refractivity contribution >= 4 is 16.8 Å². The number of hydrogen-bond donors (Lipinski definition) is 2. The molecule has 0 saturated carbocycles. The number of rotatable bonds is 5. The Bertz CT molecular complexity index is 836. The SMILES string of the molecule is Cc1ccc(C(=O)NCCCn2ccc3ccccc32)c(O)c1. The average molecular weight is 308 g/mol. The number of aryl methyl sites for hydroxylation is 2. The predicted octanol–water partition coefficient (Wildman–Crippen LogP) is 3.48. The Morgan fingerprint density at radius 2 is 2.00 bits per heavy atom. The van der Waals surface area contributed by atoms with Gasteiger partial charge in [-0.2, -0.15) is 0 Å². The van der Waals surface area contributed by atoms with Crippen LogP contribution in [0.4, 0.5) is 0 Å². The van der Waals surface area contributed by atoms with Crippen LogP contribution in [0.3, 0.4) is 0 Å². The lowest BCUT2D eigenvalue weighted by molar-refractivity contribution is 0.0950. The molecule has 23 heavy (non-hydrogen) atoms. The van der Waals surface area contributed by atoms with Crippen LogP contribution in [0, 0.1) is 6.92 Å². The van der Waals surface area contributed by atoms with Gasteiger partial charge in [0, 0.05) is 24.8 Å². The van der Waals surface area contributed by atoms with Crippen molar-refractivity contribution in [3.63, 3.8) is 0 Å². The molecule has 0 bridgehead atoms. The number of para-hydroxylation sites is 1. The first-order valence-electron chi connectivity index (χ1n) is 7.77. The number of amides is 1. The average Bonchev–Trinajstić information content (AvgIpc) is 2.94. The Hall–Kier alpha value is -2.75. The molecule has 118 valence electrons. The van der Waals surface area contributed by atoms with E-state index in [-0.39, 0.29) is 11.7 Å². The van der Waals surface area contributed by atoms with Gasteiger partial charge in [0.2, 0.25) is 0 Å². The summed E-state index contributed by atoms with van der Waals surface area (Å²) in [6, 6.07) is 15.4. The van der Waals surface area contributed by atoms with Gasteiger partial charge in [0.1, 0.15) is 5.75 Å². The molecular formula is C19H20N2O2. The van der Waals surface area contributed by atoms with Crippen LogP contribution in [0.25, 0.3) is 10.9 Å². The summed E-state index contributed by atoms with van der Waals surface area (Å²) < 4.78 is 2.19. The molecule has 2 N–H and O–H groups in total. The molecule has 1 heterocycles. The number of fused-ring (bicyclic) bond motifs is 1. The molecule has 0 aliphatic carbocycles. The van der Waals surface area contributed by atoms with Crippen LogP contribution in [0.15, 0.2) is 54.7 Å². The van der Waals surface area contributed by atoms with Crippen LogP contribution in [0.1, 0.15) is 22.3 Å². The molecule has 3 rings (SSSR count). The molecule has 4 heteroatoms. The highest BCUT2D eigenvalue weighted by Crippen LogP contribution is 2.18. The predicted molar refractivity (Wildman–Crippen MR) is 91.7 cm³/mol. The van der Waals surface area contributed by atoms with E-state index in [4.69, 9.17) is 0 Å². The van der Waals surface area contributed by atoms with Crippen LogP contribution in [0.5, 0.6) is 5.75 Å². The summed E-state index contributed by atoms with van der Waals surface area (Å²) >= 11 is 0. The molecule has 0 unspecified atom stereocenters. The number of phenols is 1. The summed E-state index contributed by atoms with van der Waals surface area (Å²) in [5.74, 6) is -0.209. The van der Waals surface area contributed by atoms with Gasteiger partial charge in [0.05, 0.1) is 5.56 Å². The van der Waals surface area contributed by atoms with E-state index in [9.17, 15) is 9.90 Å². The van der Waals surface area contributed by atoms with Gasteiger partial charge in [-0.05, 0) is 48.6 Å². The van der Waals surface area contributed by atoms with Crippen LogP contribution in [-0.2, 0) is 6.54 Å². The molecular weight excluding hydrogens is 288 g/mol. The van der Waals surface area contributed by atoms with Gasteiger partial charge in [0.25, 0.3) is 5.91 Å². The number of carbonyl (C=O) groups excluding carboxylic acids is 1. The van der Waals surface area contributed by atoms with Crippen molar-refractivity contribution in [3.05, 3.63) is 65.9 Å². The van der Waals surface area contributed by atoms with Crippen LogP contribution in [0.2, 0.25) is 0 Å². The van der Waals surface area contributed by atoms with Crippen LogP contribution in [-0.4, -0.2) is 22.1 Å². The highest BCUT2D eigenvalue weighted by Gasteiger charge is 2.10. The first-order chi connectivity index (χ1) is 11.1. The standard InChI is InChI=1S/C19H20N2O2/c1-14-7-8-16(18(22)13-14)19(23)20-10-4-11-21-12-9-15-5-2-3-6-17(15)21/h2-3,5-9,12-13,22H,4,10-11H2,1H3,(H,20,23). The van der Waals surface area contributed by atoms with Gasteiger partial charge in [-0.1, -0.05) is 24.3 Å². The summed E-state index contributed by atoms with van der Waals surface area (Å²) in [5, 5.41) is 13.9. The lowest BCUT2D eigenvalue weighted by Crippen LogP contribution is -2.25. The van der Waals surface area contributed by atoms with E-state index in [0.717, 1.165) is 18.5 Å². The van der Waals surface area contributed by atoms with Gasteiger partial charge < -0.3 is 15.0 Å². The fourth-order valence-electron chi connectivity index (χ4n) is 2.72. The second kappa shape index (κ2) is 6.57. The monoisotopic (exact) mass is 308 g/mol. The number of nitrogens with one attached hydrogen (secondary N) is 1. The minimum atomic E-state index is -0.236. The zero-order valence-electron chi connectivity index (χ0n) is 13.1. The first-order valence-corrected chi connectivity index (χ1v) is 7.77. The summed E-state index contributed by atoms with van der Waals surface area (Å²) in [4.78, 5) is 12.1. The summed E-state index contributed by atoms with van der Waals surface area (Å²) in [7, 11) is 0. The van der Waals surface area contributed by atoms with E-state index in [1.165, 1.54) is 10.9 Å². The minimum Gasteiger partial charge on any atom is -0.507 e. The van der Waals surface area contributed by atoms with E-state index in [1.54, 1.807) is 12.1 Å². The second-order valence-electron chi connectivity index (χ2n) is 5.70. The fourth-order valence-corrected chi connectivity index (χ4v) is 2.72. The Morgan fingerprint density at radius 3 is 2.83 bits per heavy atom. The van der Waals surface area contributed by atoms with Gasteiger partial charge in [-0.15, -0.1) is 0 Å². The Balaban J connectivity index is 1.54. The van der Waals surface area contributed by atoms with Gasteiger partial charge in [-0.25, -0.2) is 0 Å². The Labute approximate surface area is 135 Å². The largest absolute Gasteiger partial charge is 0.507 e. The molecule has 0 radical (unpaired) electrons. The van der Waals surface area contributed by atoms with Crippen molar-refractivity contribution in [2.45, 2.75) is 19.9 Å². The van der Waals surface area contributed by atoms with Gasteiger partial charge in [-0.3, -0.25) is 4.79 Å². The Morgan fingerprint density at radius 1 is 1.17 bits per heavy atom. The molecule has 1 amide bonds. The summed E-state index contributed by atoms with van der Waals surface area (Å²) in [6.45, 7) is 3.29. The summed E-state index contributed by atoms with van der Waals surface area (Å²) in [6.07, 6.45) is 2.90. The van der Waals surface area contributed by atoms with Crippen molar-refractivity contribution in [2.75, 3.05) is 6.54 Å². The van der Waals surface area contributed by atoms with E-state index in [1.807, 2.05) is 25.1 Å². The first kappa shape index (κ1) is 15.2. The number of nitrogens with zero attached hydrogens (tertiary/aromatic N) is 1. The second-order valence-corrected chi connectivity index (χ2v) is 5.70. The van der Waals surface area contributed by atoms with Crippen LogP contribution >= 0.6 is 0 Å². The third-order valence-electron chi connectivity index (χ3n) is 3.94. The maximum absolute atomic E-state index is 12.1. The number of carbonyl (C=O) groups is 1. The molecule has 4 nitrogen and oxygen atoms in total. The molecule has 0 saturated heterocycles. The minimum absolute atomic E-state index is 0.0268. The highest BCUT2D eigenvalue weighted by molar-refractivity contribution is 5.96. The van der Waals surface area contributed by atoms with E-state index < -0.39 is 0 Å². The normalized spacial score (nSPS) is 10.8. The molecule has 0 aliphatic rings. The third kappa shape index (κ3) is 3.37. The third-order valence-corrected chi connectivity index (χ3v) is 3.94. The molecule has 0 aliphatic heterocycles. The Kier molecular flexibility index (Phi) is 4.33.